The topological polar surface area (TPSA) is 64.4 Å². The number of aryl methyl sites for hydroxylation is 1. The van der Waals surface area contributed by atoms with Crippen molar-refractivity contribution in [2.24, 2.45) is 0 Å². The number of carboxylic acids is 1. The molecule has 0 radical (unpaired) electrons. The average molecular weight is 270 g/mol. The molecule has 1 aromatic rings. The molecule has 0 amide bonds. The van der Waals surface area contributed by atoms with E-state index in [4.69, 9.17) is 9.84 Å². The SMILES string of the molecule is CCc1ncn(COCC[Si](C)(C)C)c1C(=O)O. The van der Waals surface area contributed by atoms with E-state index in [2.05, 4.69) is 24.6 Å². The molecule has 1 aromatic heterocycles. The van der Waals surface area contributed by atoms with Crippen LogP contribution in [-0.4, -0.2) is 35.3 Å². The van der Waals surface area contributed by atoms with E-state index in [-0.39, 0.29) is 12.4 Å². The zero-order valence-corrected chi connectivity index (χ0v) is 12.6. The lowest BCUT2D eigenvalue weighted by atomic mass is 10.2. The van der Waals surface area contributed by atoms with Crippen LogP contribution >= 0.6 is 0 Å². The molecule has 1 rings (SSSR count). The van der Waals surface area contributed by atoms with Gasteiger partial charge in [-0.1, -0.05) is 26.6 Å². The van der Waals surface area contributed by atoms with Gasteiger partial charge in [0, 0.05) is 14.7 Å². The molecule has 102 valence electrons. The quantitative estimate of drug-likeness (QED) is 0.610. The molecule has 0 spiro atoms. The van der Waals surface area contributed by atoms with Crippen LogP contribution in [0.2, 0.25) is 25.7 Å². The number of hydrogen-bond donors (Lipinski definition) is 1. The van der Waals surface area contributed by atoms with Crippen molar-refractivity contribution in [2.45, 2.75) is 45.8 Å². The Morgan fingerprint density at radius 3 is 2.67 bits per heavy atom. The Kier molecular flexibility index (Phi) is 5.10. The van der Waals surface area contributed by atoms with Gasteiger partial charge in [0.1, 0.15) is 6.73 Å². The summed E-state index contributed by atoms with van der Waals surface area (Å²) in [6.07, 6.45) is 2.15. The van der Waals surface area contributed by atoms with E-state index in [1.165, 1.54) is 6.33 Å². The average Bonchev–Trinajstić information content (AvgIpc) is 2.66. The first-order valence-electron chi connectivity index (χ1n) is 6.20. The minimum Gasteiger partial charge on any atom is -0.477 e. The summed E-state index contributed by atoms with van der Waals surface area (Å²) in [5.41, 5.74) is 0.849. The molecule has 1 N–H and O–H groups in total. The molecule has 0 fully saturated rings. The number of hydrogen-bond acceptors (Lipinski definition) is 3. The third-order valence-corrected chi connectivity index (χ3v) is 4.38. The number of rotatable bonds is 7. The number of ether oxygens (including phenoxy) is 1. The predicted molar refractivity (Wildman–Crippen MR) is 72.7 cm³/mol. The normalized spacial score (nSPS) is 11.8. The summed E-state index contributed by atoms with van der Waals surface area (Å²) in [6.45, 7) is 9.68. The van der Waals surface area contributed by atoms with Crippen LogP contribution in [0.1, 0.15) is 23.1 Å². The van der Waals surface area contributed by atoms with Crippen molar-refractivity contribution < 1.29 is 14.6 Å². The Balaban J connectivity index is 2.57. The molecule has 1 heterocycles. The molecule has 0 saturated heterocycles. The number of carboxylic acid groups (broad SMARTS) is 1. The Bertz CT molecular complexity index is 410. The molecule has 0 aliphatic heterocycles. The van der Waals surface area contributed by atoms with E-state index in [9.17, 15) is 4.79 Å². The minimum atomic E-state index is -1.10. The molecule has 18 heavy (non-hydrogen) atoms. The molecular formula is C12H22N2O3Si. The second-order valence-electron chi connectivity index (χ2n) is 5.52. The van der Waals surface area contributed by atoms with Gasteiger partial charge in [0.2, 0.25) is 0 Å². The second kappa shape index (κ2) is 6.15. The van der Waals surface area contributed by atoms with Crippen LogP contribution in [0, 0.1) is 0 Å². The maximum Gasteiger partial charge on any atom is 0.354 e. The van der Waals surface area contributed by atoms with Crippen molar-refractivity contribution in [1.29, 1.82) is 0 Å². The number of aromatic carboxylic acids is 1. The molecule has 0 bridgehead atoms. The van der Waals surface area contributed by atoms with Crippen molar-refractivity contribution in [3.8, 4) is 0 Å². The zero-order chi connectivity index (χ0) is 13.8. The molecule has 6 heteroatoms. The maximum atomic E-state index is 11.1. The van der Waals surface area contributed by atoms with Crippen molar-refractivity contribution in [1.82, 2.24) is 9.55 Å². The smallest absolute Gasteiger partial charge is 0.354 e. The number of imidazole rings is 1. The largest absolute Gasteiger partial charge is 0.477 e. The van der Waals surface area contributed by atoms with E-state index in [1.807, 2.05) is 6.92 Å². The van der Waals surface area contributed by atoms with E-state index in [0.29, 0.717) is 18.7 Å². The van der Waals surface area contributed by atoms with Gasteiger partial charge in [-0.25, -0.2) is 9.78 Å². The van der Waals surface area contributed by atoms with Gasteiger partial charge in [0.15, 0.2) is 5.69 Å². The number of aromatic nitrogens is 2. The van der Waals surface area contributed by atoms with Crippen molar-refractivity contribution in [3.05, 3.63) is 17.7 Å². The zero-order valence-electron chi connectivity index (χ0n) is 11.6. The fourth-order valence-electron chi connectivity index (χ4n) is 1.57. The van der Waals surface area contributed by atoms with Crippen molar-refractivity contribution in [3.63, 3.8) is 0 Å². The number of carbonyl (C=O) groups is 1. The van der Waals surface area contributed by atoms with E-state index < -0.39 is 14.0 Å². The molecule has 0 atom stereocenters. The summed E-state index contributed by atoms with van der Waals surface area (Å²) in [4.78, 5) is 15.2. The van der Waals surface area contributed by atoms with Crippen molar-refractivity contribution in [2.75, 3.05) is 6.61 Å². The maximum absolute atomic E-state index is 11.1. The van der Waals surface area contributed by atoms with Crippen LogP contribution in [0.3, 0.4) is 0 Å². The highest BCUT2D eigenvalue weighted by molar-refractivity contribution is 6.76. The Morgan fingerprint density at radius 2 is 2.17 bits per heavy atom. The third kappa shape index (κ3) is 4.27. The van der Waals surface area contributed by atoms with E-state index >= 15 is 0 Å². The molecule has 0 aliphatic rings. The number of nitrogens with zero attached hydrogens (tertiary/aromatic N) is 2. The molecule has 0 unspecified atom stereocenters. The van der Waals surface area contributed by atoms with Gasteiger partial charge in [0.25, 0.3) is 0 Å². The van der Waals surface area contributed by atoms with Gasteiger partial charge < -0.3 is 14.4 Å². The summed E-state index contributed by atoms with van der Waals surface area (Å²) in [5.74, 6) is -0.946. The van der Waals surface area contributed by atoms with Crippen LogP contribution < -0.4 is 0 Å². The lowest BCUT2D eigenvalue weighted by Gasteiger charge is -2.15. The summed E-state index contributed by atoms with van der Waals surface area (Å²) >= 11 is 0. The van der Waals surface area contributed by atoms with Crippen LogP contribution in [0.5, 0.6) is 0 Å². The van der Waals surface area contributed by atoms with Gasteiger partial charge in [0.05, 0.1) is 12.0 Å². The Hall–Kier alpha value is -1.14. The first kappa shape index (κ1) is 14.9. The Morgan fingerprint density at radius 1 is 1.50 bits per heavy atom. The summed E-state index contributed by atoms with van der Waals surface area (Å²) in [7, 11) is -1.10. The van der Waals surface area contributed by atoms with Crippen molar-refractivity contribution >= 4 is 14.0 Å². The van der Waals surface area contributed by atoms with Crippen LogP contribution in [-0.2, 0) is 17.9 Å². The fraction of sp³-hybridized carbons (Fsp3) is 0.667. The molecule has 0 aromatic carbocycles. The standard InChI is InChI=1S/C12H22N2O3Si/c1-5-10-11(12(15)16)14(8-13-10)9-17-6-7-18(2,3)4/h8H,5-7,9H2,1-4H3,(H,15,16). The van der Waals surface area contributed by atoms with Gasteiger partial charge in [-0.3, -0.25) is 0 Å². The second-order valence-corrected chi connectivity index (χ2v) is 11.1. The highest BCUT2D eigenvalue weighted by Crippen LogP contribution is 2.11. The van der Waals surface area contributed by atoms with Gasteiger partial charge in [-0.2, -0.15) is 0 Å². The molecule has 0 aliphatic carbocycles. The predicted octanol–water partition coefficient (Wildman–Crippen LogP) is 2.46. The lowest BCUT2D eigenvalue weighted by molar-refractivity contribution is 0.0621. The van der Waals surface area contributed by atoms with Crippen LogP contribution in [0.15, 0.2) is 6.33 Å². The van der Waals surface area contributed by atoms with E-state index in [0.717, 1.165) is 6.04 Å². The molecular weight excluding hydrogens is 248 g/mol. The minimum absolute atomic E-state index is 0.241. The lowest BCUT2D eigenvalue weighted by Crippen LogP contribution is -2.22. The Labute approximate surface area is 109 Å². The van der Waals surface area contributed by atoms with Gasteiger partial charge >= 0.3 is 5.97 Å². The van der Waals surface area contributed by atoms with Gasteiger partial charge in [-0.05, 0) is 12.5 Å². The highest BCUT2D eigenvalue weighted by Gasteiger charge is 2.17. The highest BCUT2D eigenvalue weighted by atomic mass is 28.3. The monoisotopic (exact) mass is 270 g/mol. The molecule has 0 saturated carbocycles. The van der Waals surface area contributed by atoms with Crippen LogP contribution in [0.25, 0.3) is 0 Å². The first-order chi connectivity index (χ1) is 8.35. The fourth-order valence-corrected chi connectivity index (χ4v) is 2.32. The summed E-state index contributed by atoms with van der Waals surface area (Å²) in [5, 5.41) is 9.14. The summed E-state index contributed by atoms with van der Waals surface area (Å²) < 4.78 is 7.10. The first-order valence-corrected chi connectivity index (χ1v) is 9.91. The van der Waals surface area contributed by atoms with E-state index in [1.54, 1.807) is 4.57 Å². The van der Waals surface area contributed by atoms with Gasteiger partial charge in [-0.15, -0.1) is 0 Å². The van der Waals surface area contributed by atoms with Crippen LogP contribution in [0.4, 0.5) is 0 Å². The summed E-state index contributed by atoms with van der Waals surface area (Å²) in [6, 6.07) is 1.07. The third-order valence-electron chi connectivity index (χ3n) is 2.68. The molecule has 5 nitrogen and oxygen atoms in total.